The van der Waals surface area contributed by atoms with Gasteiger partial charge in [0.05, 0.1) is 26.5 Å². The standard InChI is InChI=1S/C23H25N3O5/c1-12-7-13(2)9-15(8-12)26-22(28)19(21(27)25-23(26)29)20-16-11-18(31-4)17(30-3)10-14(16)5-6-24-20/h7-11,20,24,28H,5-6H2,1-4H3,(H,25,27,29)/p+1/t20-/m1/s1. The second-order valence-electron chi connectivity index (χ2n) is 7.84. The molecule has 4 N–H and O–H groups in total. The first-order valence-corrected chi connectivity index (χ1v) is 10.1. The number of aromatic nitrogens is 2. The van der Waals surface area contributed by atoms with Gasteiger partial charge >= 0.3 is 5.69 Å². The Balaban J connectivity index is 1.95. The number of aryl methyl sites for hydroxylation is 2. The smallest absolute Gasteiger partial charge is 0.335 e. The highest BCUT2D eigenvalue weighted by atomic mass is 16.5. The number of methoxy groups -OCH3 is 2. The highest BCUT2D eigenvalue weighted by Gasteiger charge is 2.33. The third kappa shape index (κ3) is 3.59. The van der Waals surface area contributed by atoms with Gasteiger partial charge in [-0.25, -0.2) is 9.36 Å². The summed E-state index contributed by atoms with van der Waals surface area (Å²) in [4.78, 5) is 27.9. The van der Waals surface area contributed by atoms with E-state index in [0.717, 1.165) is 33.2 Å². The summed E-state index contributed by atoms with van der Waals surface area (Å²) in [5.41, 5.74) is 3.09. The van der Waals surface area contributed by atoms with Gasteiger partial charge < -0.3 is 19.9 Å². The van der Waals surface area contributed by atoms with E-state index in [1.165, 1.54) is 0 Å². The van der Waals surface area contributed by atoms with Crippen molar-refractivity contribution in [3.8, 4) is 23.1 Å². The molecule has 8 nitrogen and oxygen atoms in total. The molecule has 1 aliphatic rings. The number of aromatic amines is 1. The van der Waals surface area contributed by atoms with Crippen LogP contribution in [0.3, 0.4) is 0 Å². The van der Waals surface area contributed by atoms with Crippen molar-refractivity contribution >= 4 is 0 Å². The summed E-state index contributed by atoms with van der Waals surface area (Å²) in [7, 11) is 3.13. The van der Waals surface area contributed by atoms with Crippen LogP contribution >= 0.6 is 0 Å². The van der Waals surface area contributed by atoms with Crippen LogP contribution in [0, 0.1) is 13.8 Å². The van der Waals surface area contributed by atoms with Gasteiger partial charge in [0, 0.05) is 12.0 Å². The molecule has 0 spiro atoms. The second-order valence-corrected chi connectivity index (χ2v) is 7.84. The fourth-order valence-corrected chi connectivity index (χ4v) is 4.39. The molecule has 3 aromatic rings. The van der Waals surface area contributed by atoms with Gasteiger partial charge in [-0.1, -0.05) is 6.07 Å². The number of aromatic hydroxyl groups is 1. The molecule has 0 bridgehead atoms. The maximum atomic E-state index is 12.9. The molecule has 31 heavy (non-hydrogen) atoms. The molecule has 162 valence electrons. The molecule has 0 unspecified atom stereocenters. The fourth-order valence-electron chi connectivity index (χ4n) is 4.39. The Morgan fingerprint density at radius 3 is 2.32 bits per heavy atom. The number of quaternary nitrogens is 1. The van der Waals surface area contributed by atoms with E-state index in [1.54, 1.807) is 26.4 Å². The quantitative estimate of drug-likeness (QED) is 0.581. The Morgan fingerprint density at radius 2 is 1.68 bits per heavy atom. The van der Waals surface area contributed by atoms with Crippen LogP contribution in [0.5, 0.6) is 17.4 Å². The molecule has 0 aliphatic carbocycles. The van der Waals surface area contributed by atoms with Crippen molar-refractivity contribution in [2.24, 2.45) is 0 Å². The Kier molecular flexibility index (Phi) is 5.32. The van der Waals surface area contributed by atoms with E-state index in [1.807, 2.05) is 37.4 Å². The minimum absolute atomic E-state index is 0.131. The van der Waals surface area contributed by atoms with Gasteiger partial charge in [-0.05, 0) is 54.8 Å². The number of nitrogens with one attached hydrogen (secondary N) is 1. The Hall–Kier alpha value is -3.52. The Bertz CT molecular complexity index is 1260. The molecule has 0 saturated carbocycles. The molecule has 4 rings (SSSR count). The van der Waals surface area contributed by atoms with Crippen LogP contribution in [0.25, 0.3) is 5.69 Å². The van der Waals surface area contributed by atoms with E-state index in [2.05, 4.69) is 4.98 Å². The molecular formula is C23H26N3O5+. The molecule has 1 aliphatic heterocycles. The average Bonchev–Trinajstić information content (AvgIpc) is 2.71. The van der Waals surface area contributed by atoms with Gasteiger partial charge in [-0.15, -0.1) is 0 Å². The zero-order valence-electron chi connectivity index (χ0n) is 18.0. The fraction of sp³-hybridized carbons (Fsp3) is 0.304. The highest BCUT2D eigenvalue weighted by molar-refractivity contribution is 5.52. The van der Waals surface area contributed by atoms with Crippen molar-refractivity contribution in [3.63, 3.8) is 0 Å². The molecule has 2 aromatic carbocycles. The lowest BCUT2D eigenvalue weighted by Gasteiger charge is -2.26. The lowest BCUT2D eigenvalue weighted by atomic mass is 9.90. The van der Waals surface area contributed by atoms with Gasteiger partial charge in [0.2, 0.25) is 5.88 Å². The minimum Gasteiger partial charge on any atom is -0.494 e. The summed E-state index contributed by atoms with van der Waals surface area (Å²) in [6.07, 6.45) is 0.779. The van der Waals surface area contributed by atoms with E-state index < -0.39 is 17.3 Å². The molecule has 0 fully saturated rings. The number of hydrogen-bond donors (Lipinski definition) is 3. The average molecular weight is 424 g/mol. The van der Waals surface area contributed by atoms with Crippen LogP contribution in [-0.2, 0) is 6.42 Å². The topological polar surface area (TPSA) is 110 Å². The van der Waals surface area contributed by atoms with Crippen molar-refractivity contribution in [2.45, 2.75) is 26.3 Å². The van der Waals surface area contributed by atoms with E-state index in [-0.39, 0.29) is 11.4 Å². The predicted molar refractivity (Wildman–Crippen MR) is 116 cm³/mol. The van der Waals surface area contributed by atoms with Crippen molar-refractivity contribution in [3.05, 3.63) is 79.0 Å². The number of H-pyrrole nitrogens is 1. The molecule has 1 aromatic heterocycles. The Morgan fingerprint density at radius 1 is 1.03 bits per heavy atom. The summed E-state index contributed by atoms with van der Waals surface area (Å²) >= 11 is 0. The summed E-state index contributed by atoms with van der Waals surface area (Å²) in [6, 6.07) is 8.80. The van der Waals surface area contributed by atoms with Crippen molar-refractivity contribution < 1.29 is 19.9 Å². The minimum atomic E-state index is -0.681. The van der Waals surface area contributed by atoms with Crippen molar-refractivity contribution in [2.75, 3.05) is 20.8 Å². The SMILES string of the molecule is COc1cc2c(cc1OC)[C@H](c1c(O)n(-c3cc(C)cc(C)c3)c(=O)[nH]c1=O)[NH2+]CC2. The number of benzene rings is 2. The number of fused-ring (bicyclic) bond motifs is 1. The van der Waals surface area contributed by atoms with E-state index in [9.17, 15) is 14.7 Å². The molecule has 8 heteroatoms. The van der Waals surface area contributed by atoms with Gasteiger partial charge in [0.15, 0.2) is 11.5 Å². The van der Waals surface area contributed by atoms with Gasteiger partial charge in [-0.2, -0.15) is 0 Å². The van der Waals surface area contributed by atoms with Crippen LogP contribution in [0.1, 0.15) is 33.9 Å². The van der Waals surface area contributed by atoms with Gasteiger partial charge in [0.1, 0.15) is 11.6 Å². The van der Waals surface area contributed by atoms with Crippen LogP contribution in [-0.4, -0.2) is 35.4 Å². The third-order valence-corrected chi connectivity index (χ3v) is 5.69. The third-order valence-electron chi connectivity index (χ3n) is 5.69. The van der Waals surface area contributed by atoms with Crippen LogP contribution < -0.4 is 26.0 Å². The molecule has 0 radical (unpaired) electrons. The second kappa shape index (κ2) is 7.96. The Labute approximate surface area is 179 Å². The predicted octanol–water partition coefficient (Wildman–Crippen LogP) is 1.07. The maximum absolute atomic E-state index is 12.9. The summed E-state index contributed by atoms with van der Waals surface area (Å²) in [6.45, 7) is 4.54. The number of rotatable bonds is 4. The number of hydrogen-bond acceptors (Lipinski definition) is 5. The monoisotopic (exact) mass is 424 g/mol. The summed E-state index contributed by atoms with van der Waals surface area (Å²) in [5, 5.41) is 13.1. The van der Waals surface area contributed by atoms with Crippen LogP contribution in [0.4, 0.5) is 0 Å². The first kappa shape index (κ1) is 20.7. The van der Waals surface area contributed by atoms with Crippen molar-refractivity contribution in [1.82, 2.24) is 9.55 Å². The van der Waals surface area contributed by atoms with Gasteiger partial charge in [0.25, 0.3) is 5.56 Å². The molecule has 0 amide bonds. The summed E-state index contributed by atoms with van der Waals surface area (Å²) in [5.74, 6) is 0.794. The zero-order chi connectivity index (χ0) is 22.3. The van der Waals surface area contributed by atoms with E-state index in [0.29, 0.717) is 23.7 Å². The lowest BCUT2D eigenvalue weighted by molar-refractivity contribution is -0.690. The first-order chi connectivity index (χ1) is 14.8. The van der Waals surface area contributed by atoms with E-state index in [4.69, 9.17) is 9.47 Å². The zero-order valence-corrected chi connectivity index (χ0v) is 18.0. The normalized spacial score (nSPS) is 15.4. The lowest BCUT2D eigenvalue weighted by Crippen LogP contribution is -2.87. The van der Waals surface area contributed by atoms with Crippen molar-refractivity contribution in [1.29, 1.82) is 0 Å². The molecular weight excluding hydrogens is 398 g/mol. The molecule has 1 atom stereocenters. The van der Waals surface area contributed by atoms with Gasteiger partial charge in [-0.3, -0.25) is 9.78 Å². The molecule has 2 heterocycles. The molecule has 0 saturated heterocycles. The summed E-state index contributed by atoms with van der Waals surface area (Å²) < 4.78 is 12.0. The van der Waals surface area contributed by atoms with Crippen LogP contribution in [0.2, 0.25) is 0 Å². The number of ether oxygens (including phenoxy) is 2. The number of nitrogens with two attached hydrogens (primary N) is 1. The number of nitrogens with zero attached hydrogens (tertiary/aromatic N) is 1. The largest absolute Gasteiger partial charge is 0.494 e. The first-order valence-electron chi connectivity index (χ1n) is 10.1. The van der Waals surface area contributed by atoms with E-state index >= 15 is 0 Å². The highest BCUT2D eigenvalue weighted by Crippen LogP contribution is 2.36. The van der Waals surface area contributed by atoms with Crippen LogP contribution in [0.15, 0.2) is 39.9 Å². The maximum Gasteiger partial charge on any atom is 0.335 e.